The smallest absolute Gasteiger partial charge is 0.140 e. The molecule has 1 aromatic heterocycles. The van der Waals surface area contributed by atoms with E-state index in [1.165, 1.54) is 25.9 Å². The summed E-state index contributed by atoms with van der Waals surface area (Å²) in [6.45, 7) is 4.34. The van der Waals surface area contributed by atoms with Crippen LogP contribution in [0.1, 0.15) is 44.2 Å². The van der Waals surface area contributed by atoms with E-state index in [9.17, 15) is 0 Å². The predicted molar refractivity (Wildman–Crippen MR) is 87.3 cm³/mol. The van der Waals surface area contributed by atoms with Crippen molar-refractivity contribution in [3.63, 3.8) is 0 Å². The molecule has 0 amide bonds. The predicted octanol–water partition coefficient (Wildman–Crippen LogP) is 3.19. The molecule has 4 heteroatoms. The van der Waals surface area contributed by atoms with E-state index >= 15 is 0 Å². The van der Waals surface area contributed by atoms with Crippen molar-refractivity contribution in [1.82, 2.24) is 9.88 Å². The van der Waals surface area contributed by atoms with Gasteiger partial charge in [-0.3, -0.25) is 4.98 Å². The largest absolute Gasteiger partial charge is 0.489 e. The maximum atomic E-state index is 6.31. The second-order valence-corrected chi connectivity index (χ2v) is 6.74. The van der Waals surface area contributed by atoms with Crippen LogP contribution in [-0.2, 0) is 4.74 Å². The Labute approximate surface area is 133 Å². The standard InChI is InChI=1S/C18H28N2O2/c1-14-18(4-3-11-19-14)22-16-7-5-15(6-8-16)21-17-9-12-20(2)13-10-17/h3-4,11,15-17H,5-10,12-13H2,1-2H3/t15-,16-. The normalized spacial score (nSPS) is 27.7. The Bertz CT molecular complexity index is 464. The summed E-state index contributed by atoms with van der Waals surface area (Å²) in [5.74, 6) is 0.933. The fourth-order valence-electron chi connectivity index (χ4n) is 3.45. The van der Waals surface area contributed by atoms with Crippen LogP contribution in [0.3, 0.4) is 0 Å². The number of aromatic nitrogens is 1. The fourth-order valence-corrected chi connectivity index (χ4v) is 3.45. The van der Waals surface area contributed by atoms with Crippen molar-refractivity contribution >= 4 is 0 Å². The molecule has 1 saturated heterocycles. The van der Waals surface area contributed by atoms with Gasteiger partial charge in [-0.05, 0) is 64.6 Å². The van der Waals surface area contributed by atoms with E-state index in [1.807, 2.05) is 25.3 Å². The van der Waals surface area contributed by atoms with Crippen LogP contribution < -0.4 is 4.74 Å². The van der Waals surface area contributed by atoms with Crippen molar-refractivity contribution in [3.05, 3.63) is 24.0 Å². The van der Waals surface area contributed by atoms with Gasteiger partial charge < -0.3 is 14.4 Å². The van der Waals surface area contributed by atoms with Crippen molar-refractivity contribution in [3.8, 4) is 5.75 Å². The van der Waals surface area contributed by atoms with Gasteiger partial charge in [0.15, 0.2) is 0 Å². The molecule has 1 saturated carbocycles. The summed E-state index contributed by atoms with van der Waals surface area (Å²) < 4.78 is 12.4. The number of hydrogen-bond donors (Lipinski definition) is 0. The van der Waals surface area contributed by atoms with Crippen LogP contribution in [0.2, 0.25) is 0 Å². The van der Waals surface area contributed by atoms with Crippen LogP contribution in [0.5, 0.6) is 5.75 Å². The average Bonchev–Trinajstić information content (AvgIpc) is 2.54. The molecule has 0 aromatic carbocycles. The van der Waals surface area contributed by atoms with E-state index in [0.717, 1.165) is 37.1 Å². The molecule has 22 heavy (non-hydrogen) atoms. The molecule has 2 heterocycles. The van der Waals surface area contributed by atoms with Gasteiger partial charge in [-0.1, -0.05) is 0 Å². The molecule has 3 rings (SSSR count). The zero-order valence-corrected chi connectivity index (χ0v) is 13.8. The number of pyridine rings is 1. The Kier molecular flexibility index (Phi) is 5.32. The third-order valence-electron chi connectivity index (χ3n) is 4.92. The van der Waals surface area contributed by atoms with Gasteiger partial charge in [-0.25, -0.2) is 0 Å². The summed E-state index contributed by atoms with van der Waals surface area (Å²) >= 11 is 0. The molecule has 4 nitrogen and oxygen atoms in total. The van der Waals surface area contributed by atoms with Gasteiger partial charge in [0.2, 0.25) is 0 Å². The molecule has 2 aliphatic rings. The number of ether oxygens (including phenoxy) is 2. The minimum Gasteiger partial charge on any atom is -0.489 e. The van der Waals surface area contributed by atoms with Crippen molar-refractivity contribution in [2.24, 2.45) is 0 Å². The zero-order valence-electron chi connectivity index (χ0n) is 13.8. The van der Waals surface area contributed by atoms with E-state index in [4.69, 9.17) is 9.47 Å². The number of hydrogen-bond acceptors (Lipinski definition) is 4. The Morgan fingerprint density at radius 1 is 1.00 bits per heavy atom. The van der Waals surface area contributed by atoms with E-state index in [0.29, 0.717) is 18.3 Å². The molecule has 2 fully saturated rings. The Morgan fingerprint density at radius 3 is 2.32 bits per heavy atom. The Hall–Kier alpha value is -1.13. The third kappa shape index (κ3) is 4.20. The Balaban J connectivity index is 1.42. The molecule has 1 aliphatic carbocycles. The summed E-state index contributed by atoms with van der Waals surface area (Å²) in [5, 5.41) is 0. The van der Waals surface area contributed by atoms with Crippen molar-refractivity contribution < 1.29 is 9.47 Å². The lowest BCUT2D eigenvalue weighted by molar-refractivity contribution is -0.0643. The van der Waals surface area contributed by atoms with Crippen LogP contribution in [0, 0.1) is 6.92 Å². The maximum Gasteiger partial charge on any atom is 0.140 e. The van der Waals surface area contributed by atoms with Crippen LogP contribution in [0.15, 0.2) is 18.3 Å². The lowest BCUT2D eigenvalue weighted by Crippen LogP contribution is -2.37. The molecule has 0 bridgehead atoms. The highest BCUT2D eigenvalue weighted by atomic mass is 16.5. The molecule has 1 aliphatic heterocycles. The number of aryl methyl sites for hydroxylation is 1. The summed E-state index contributed by atoms with van der Waals surface area (Å²) in [7, 11) is 2.19. The lowest BCUT2D eigenvalue weighted by Gasteiger charge is -2.35. The minimum absolute atomic E-state index is 0.320. The molecule has 0 spiro atoms. The molecule has 1 aromatic rings. The monoisotopic (exact) mass is 304 g/mol. The fraction of sp³-hybridized carbons (Fsp3) is 0.722. The maximum absolute atomic E-state index is 6.31. The van der Waals surface area contributed by atoms with E-state index in [1.54, 1.807) is 0 Å². The minimum atomic E-state index is 0.320. The summed E-state index contributed by atoms with van der Waals surface area (Å²) in [6, 6.07) is 3.96. The summed E-state index contributed by atoms with van der Waals surface area (Å²) in [6.07, 6.45) is 9.82. The molecule has 0 N–H and O–H groups in total. The molecular weight excluding hydrogens is 276 g/mol. The topological polar surface area (TPSA) is 34.6 Å². The van der Waals surface area contributed by atoms with Gasteiger partial charge in [0, 0.05) is 19.3 Å². The highest BCUT2D eigenvalue weighted by Gasteiger charge is 2.27. The van der Waals surface area contributed by atoms with Crippen molar-refractivity contribution in [2.45, 2.75) is 63.8 Å². The summed E-state index contributed by atoms with van der Waals surface area (Å²) in [5.41, 5.74) is 0.979. The quantitative estimate of drug-likeness (QED) is 0.855. The molecule has 0 radical (unpaired) electrons. The second-order valence-electron chi connectivity index (χ2n) is 6.74. The van der Waals surface area contributed by atoms with Gasteiger partial charge in [0.25, 0.3) is 0 Å². The Morgan fingerprint density at radius 2 is 1.64 bits per heavy atom. The first-order chi connectivity index (χ1) is 10.7. The molecular formula is C18H28N2O2. The highest BCUT2D eigenvalue weighted by molar-refractivity contribution is 5.25. The van der Waals surface area contributed by atoms with Gasteiger partial charge in [0.05, 0.1) is 24.0 Å². The van der Waals surface area contributed by atoms with Crippen LogP contribution in [-0.4, -0.2) is 48.3 Å². The zero-order chi connectivity index (χ0) is 15.4. The van der Waals surface area contributed by atoms with Crippen LogP contribution in [0.4, 0.5) is 0 Å². The molecule has 0 unspecified atom stereocenters. The third-order valence-corrected chi connectivity index (χ3v) is 4.92. The van der Waals surface area contributed by atoms with Gasteiger partial charge in [-0.15, -0.1) is 0 Å². The highest BCUT2D eigenvalue weighted by Crippen LogP contribution is 2.28. The van der Waals surface area contributed by atoms with E-state index in [-0.39, 0.29) is 0 Å². The lowest BCUT2D eigenvalue weighted by atomic mass is 9.94. The first-order valence-corrected chi connectivity index (χ1v) is 8.63. The molecule has 122 valence electrons. The van der Waals surface area contributed by atoms with Crippen LogP contribution in [0.25, 0.3) is 0 Å². The average molecular weight is 304 g/mol. The number of likely N-dealkylation sites (tertiary alicyclic amines) is 1. The van der Waals surface area contributed by atoms with Crippen molar-refractivity contribution in [2.75, 3.05) is 20.1 Å². The van der Waals surface area contributed by atoms with Crippen molar-refractivity contribution in [1.29, 1.82) is 0 Å². The number of nitrogens with zero attached hydrogens (tertiary/aromatic N) is 2. The van der Waals surface area contributed by atoms with Gasteiger partial charge in [-0.2, -0.15) is 0 Å². The number of rotatable bonds is 4. The van der Waals surface area contributed by atoms with Gasteiger partial charge >= 0.3 is 0 Å². The molecule has 0 atom stereocenters. The van der Waals surface area contributed by atoms with E-state index < -0.39 is 0 Å². The SMILES string of the molecule is Cc1ncccc1O[C@H]1CC[C@H](OC2CCN(C)CC2)CC1. The van der Waals surface area contributed by atoms with E-state index in [2.05, 4.69) is 16.9 Å². The van der Waals surface area contributed by atoms with Crippen LogP contribution >= 0.6 is 0 Å². The number of piperidine rings is 1. The first kappa shape index (κ1) is 15.8. The van der Waals surface area contributed by atoms with Gasteiger partial charge in [0.1, 0.15) is 5.75 Å². The second kappa shape index (κ2) is 7.42. The summed E-state index contributed by atoms with van der Waals surface area (Å²) in [4.78, 5) is 6.68. The first-order valence-electron chi connectivity index (χ1n) is 8.63.